The fraction of sp³-hybridized carbons (Fsp3) is 0.222. The van der Waals surface area contributed by atoms with Gasteiger partial charge in [-0.3, -0.25) is 9.59 Å². The first kappa shape index (κ1) is 15.8. The van der Waals surface area contributed by atoms with Crippen molar-refractivity contribution < 1.29 is 19.8 Å². The maximum Gasteiger partial charge on any atom is 0.314 e. The van der Waals surface area contributed by atoms with Gasteiger partial charge >= 0.3 is 11.9 Å². The highest BCUT2D eigenvalue weighted by molar-refractivity contribution is 5.87. The lowest BCUT2D eigenvalue weighted by Gasteiger charge is -2.28. The molecule has 0 aliphatic rings. The lowest BCUT2D eigenvalue weighted by atomic mass is 9.73. The fourth-order valence-corrected chi connectivity index (χ4v) is 2.66. The summed E-state index contributed by atoms with van der Waals surface area (Å²) >= 11 is 0. The zero-order valence-electron chi connectivity index (χ0n) is 12.1. The lowest BCUT2D eigenvalue weighted by Crippen LogP contribution is -2.38. The van der Waals surface area contributed by atoms with E-state index in [1.54, 1.807) is 30.3 Å². The molecule has 0 bridgehead atoms. The van der Waals surface area contributed by atoms with E-state index < -0.39 is 23.8 Å². The van der Waals surface area contributed by atoms with Crippen LogP contribution in [0.1, 0.15) is 24.0 Å². The summed E-state index contributed by atoms with van der Waals surface area (Å²) in [6.07, 6.45) is 0.317. The molecule has 114 valence electrons. The van der Waals surface area contributed by atoms with Crippen molar-refractivity contribution >= 4 is 11.9 Å². The Hall–Kier alpha value is -2.62. The number of aliphatic carboxylic acids is 2. The lowest BCUT2D eigenvalue weighted by molar-refractivity contribution is -0.150. The molecular formula is C18H18O4. The average molecular weight is 298 g/mol. The molecule has 22 heavy (non-hydrogen) atoms. The molecule has 0 saturated heterocycles. The molecule has 0 aliphatic heterocycles. The number of carbonyl (C=O) groups is 2. The van der Waals surface area contributed by atoms with Crippen molar-refractivity contribution in [3.8, 4) is 0 Å². The van der Waals surface area contributed by atoms with E-state index in [-0.39, 0.29) is 6.42 Å². The summed E-state index contributed by atoms with van der Waals surface area (Å²) < 4.78 is 0. The molecule has 4 nitrogen and oxygen atoms in total. The highest BCUT2D eigenvalue weighted by Gasteiger charge is 2.42. The Labute approximate surface area is 129 Å². The third-order valence-corrected chi connectivity index (χ3v) is 3.87. The van der Waals surface area contributed by atoms with Crippen LogP contribution < -0.4 is 0 Å². The molecule has 0 aliphatic carbocycles. The van der Waals surface area contributed by atoms with E-state index in [9.17, 15) is 19.8 Å². The molecule has 0 amide bonds. The molecule has 0 heterocycles. The summed E-state index contributed by atoms with van der Waals surface area (Å²) in [7, 11) is 0. The summed E-state index contributed by atoms with van der Waals surface area (Å²) in [4.78, 5) is 23.2. The molecule has 2 N–H and O–H groups in total. The second-order valence-corrected chi connectivity index (χ2v) is 5.31. The van der Waals surface area contributed by atoms with Gasteiger partial charge in [0.15, 0.2) is 0 Å². The number of carboxylic acids is 2. The summed E-state index contributed by atoms with van der Waals surface area (Å²) in [6, 6.07) is 18.1. The fourth-order valence-electron chi connectivity index (χ4n) is 2.66. The van der Waals surface area contributed by atoms with Gasteiger partial charge in [-0.05, 0) is 24.0 Å². The standard InChI is InChI=1S/C18H18O4/c19-16(20)13-18(17(21)22,15-9-5-2-6-10-15)12-11-14-7-3-1-4-8-14/h1-10H,11-13H2,(H,19,20)(H,21,22). The van der Waals surface area contributed by atoms with Crippen molar-refractivity contribution in [2.45, 2.75) is 24.7 Å². The first-order valence-corrected chi connectivity index (χ1v) is 7.09. The van der Waals surface area contributed by atoms with Crippen molar-refractivity contribution in [1.82, 2.24) is 0 Å². The van der Waals surface area contributed by atoms with Crippen LogP contribution in [0.25, 0.3) is 0 Å². The van der Waals surface area contributed by atoms with Gasteiger partial charge < -0.3 is 10.2 Å². The summed E-state index contributed by atoms with van der Waals surface area (Å²) in [5, 5.41) is 18.9. The zero-order chi connectivity index (χ0) is 16.0. The van der Waals surface area contributed by atoms with E-state index in [4.69, 9.17) is 0 Å². The highest BCUT2D eigenvalue weighted by Crippen LogP contribution is 2.34. The topological polar surface area (TPSA) is 74.6 Å². The van der Waals surface area contributed by atoms with Gasteiger partial charge in [-0.15, -0.1) is 0 Å². The van der Waals surface area contributed by atoms with Gasteiger partial charge in [0.2, 0.25) is 0 Å². The van der Waals surface area contributed by atoms with Crippen LogP contribution >= 0.6 is 0 Å². The molecule has 0 radical (unpaired) electrons. The molecule has 0 spiro atoms. The Bertz CT molecular complexity index is 637. The highest BCUT2D eigenvalue weighted by atomic mass is 16.4. The monoisotopic (exact) mass is 298 g/mol. The van der Waals surface area contributed by atoms with Crippen LogP contribution in [-0.4, -0.2) is 22.2 Å². The van der Waals surface area contributed by atoms with E-state index in [1.165, 1.54) is 0 Å². The van der Waals surface area contributed by atoms with Crippen LogP contribution in [0.2, 0.25) is 0 Å². The van der Waals surface area contributed by atoms with Gasteiger partial charge in [-0.1, -0.05) is 60.7 Å². The molecular weight excluding hydrogens is 280 g/mol. The number of benzene rings is 2. The van der Waals surface area contributed by atoms with Crippen molar-refractivity contribution in [2.75, 3.05) is 0 Å². The quantitative estimate of drug-likeness (QED) is 0.823. The number of hydrogen-bond donors (Lipinski definition) is 2. The predicted molar refractivity (Wildman–Crippen MR) is 82.8 cm³/mol. The number of rotatable bonds is 7. The van der Waals surface area contributed by atoms with E-state index in [2.05, 4.69) is 0 Å². The van der Waals surface area contributed by atoms with Gasteiger partial charge in [0.05, 0.1) is 6.42 Å². The van der Waals surface area contributed by atoms with Crippen molar-refractivity contribution in [3.63, 3.8) is 0 Å². The van der Waals surface area contributed by atoms with Gasteiger partial charge in [0.25, 0.3) is 0 Å². The van der Waals surface area contributed by atoms with Crippen molar-refractivity contribution in [1.29, 1.82) is 0 Å². The largest absolute Gasteiger partial charge is 0.481 e. The SMILES string of the molecule is O=C(O)CC(CCc1ccccc1)(C(=O)O)c1ccccc1. The van der Waals surface area contributed by atoms with Gasteiger partial charge in [-0.2, -0.15) is 0 Å². The van der Waals surface area contributed by atoms with E-state index >= 15 is 0 Å². The molecule has 4 heteroatoms. The molecule has 2 aromatic rings. The maximum absolute atomic E-state index is 11.9. The Balaban J connectivity index is 2.35. The van der Waals surface area contributed by atoms with Crippen LogP contribution in [-0.2, 0) is 21.4 Å². The minimum atomic E-state index is -1.41. The first-order valence-electron chi connectivity index (χ1n) is 7.09. The van der Waals surface area contributed by atoms with Crippen LogP contribution in [0.4, 0.5) is 0 Å². The van der Waals surface area contributed by atoms with Gasteiger partial charge in [0.1, 0.15) is 5.41 Å². The van der Waals surface area contributed by atoms with Crippen LogP contribution in [0.15, 0.2) is 60.7 Å². The van der Waals surface area contributed by atoms with E-state index in [0.717, 1.165) is 5.56 Å². The maximum atomic E-state index is 11.9. The zero-order valence-corrected chi connectivity index (χ0v) is 12.1. The Morgan fingerprint density at radius 3 is 1.91 bits per heavy atom. The summed E-state index contributed by atoms with van der Waals surface area (Å²) in [6.45, 7) is 0. The van der Waals surface area contributed by atoms with Gasteiger partial charge in [-0.25, -0.2) is 0 Å². The Kier molecular flexibility index (Phi) is 4.94. The van der Waals surface area contributed by atoms with Crippen molar-refractivity contribution in [2.24, 2.45) is 0 Å². The molecule has 2 aromatic carbocycles. The molecule has 2 rings (SSSR count). The number of hydrogen-bond acceptors (Lipinski definition) is 2. The van der Waals surface area contributed by atoms with Crippen LogP contribution in [0, 0.1) is 0 Å². The molecule has 1 unspecified atom stereocenters. The summed E-state index contributed by atoms with van der Waals surface area (Å²) in [5.74, 6) is -2.21. The van der Waals surface area contributed by atoms with Crippen LogP contribution in [0.5, 0.6) is 0 Å². The molecule has 0 aromatic heterocycles. The third kappa shape index (κ3) is 3.52. The Morgan fingerprint density at radius 2 is 1.41 bits per heavy atom. The molecule has 0 saturated carbocycles. The minimum absolute atomic E-state index is 0.239. The first-order chi connectivity index (χ1) is 10.5. The molecule has 1 atom stereocenters. The average Bonchev–Trinajstić information content (AvgIpc) is 2.52. The third-order valence-electron chi connectivity index (χ3n) is 3.87. The predicted octanol–water partition coefficient (Wildman–Crippen LogP) is 3.12. The van der Waals surface area contributed by atoms with Crippen LogP contribution in [0.3, 0.4) is 0 Å². The van der Waals surface area contributed by atoms with Crippen molar-refractivity contribution in [3.05, 3.63) is 71.8 Å². The number of carboxylic acid groups (broad SMARTS) is 2. The molecule has 0 fully saturated rings. The minimum Gasteiger partial charge on any atom is -0.481 e. The summed E-state index contributed by atoms with van der Waals surface area (Å²) in [5.41, 5.74) is 0.110. The normalized spacial score (nSPS) is 13.3. The van der Waals surface area contributed by atoms with E-state index in [1.807, 2.05) is 30.3 Å². The number of aryl methyl sites for hydroxylation is 1. The second-order valence-electron chi connectivity index (χ2n) is 5.31. The smallest absolute Gasteiger partial charge is 0.314 e. The van der Waals surface area contributed by atoms with E-state index in [0.29, 0.717) is 12.0 Å². The Morgan fingerprint density at radius 1 is 0.864 bits per heavy atom. The second kappa shape index (κ2) is 6.89. The van der Waals surface area contributed by atoms with Gasteiger partial charge in [0, 0.05) is 0 Å².